The standard InChI is InChI=1S/C21H25FN2O3/c1-26-19-10-4-16(5-11-19)13-24(14-20-3-2-12-27-20)15-21(25)23-18-8-6-17(22)7-9-18/h4-11,20H,2-3,12-15H2,1H3,(H,23,25)/t20-/m1/s1. The van der Waals surface area contributed by atoms with E-state index in [0.717, 1.165) is 30.8 Å². The van der Waals surface area contributed by atoms with Gasteiger partial charge in [0.25, 0.3) is 0 Å². The first-order valence-electron chi connectivity index (χ1n) is 9.14. The molecule has 27 heavy (non-hydrogen) atoms. The van der Waals surface area contributed by atoms with Gasteiger partial charge >= 0.3 is 0 Å². The molecule has 0 radical (unpaired) electrons. The van der Waals surface area contributed by atoms with E-state index in [4.69, 9.17) is 9.47 Å². The van der Waals surface area contributed by atoms with Crippen molar-refractivity contribution < 1.29 is 18.7 Å². The van der Waals surface area contributed by atoms with Gasteiger partial charge in [0.1, 0.15) is 11.6 Å². The van der Waals surface area contributed by atoms with Crippen LogP contribution in [0.25, 0.3) is 0 Å². The van der Waals surface area contributed by atoms with Crippen LogP contribution in [0.1, 0.15) is 18.4 Å². The van der Waals surface area contributed by atoms with Crippen molar-refractivity contribution >= 4 is 11.6 Å². The monoisotopic (exact) mass is 372 g/mol. The van der Waals surface area contributed by atoms with Crippen LogP contribution in [0.2, 0.25) is 0 Å². The Morgan fingerprint density at radius 3 is 2.59 bits per heavy atom. The summed E-state index contributed by atoms with van der Waals surface area (Å²) in [5.41, 5.74) is 1.69. The van der Waals surface area contributed by atoms with Gasteiger partial charge in [0.2, 0.25) is 5.91 Å². The molecule has 0 saturated carbocycles. The number of carbonyl (C=O) groups excluding carboxylic acids is 1. The molecule has 1 atom stereocenters. The Morgan fingerprint density at radius 2 is 1.96 bits per heavy atom. The molecule has 2 aromatic carbocycles. The molecule has 6 heteroatoms. The fourth-order valence-corrected chi connectivity index (χ4v) is 3.19. The maximum atomic E-state index is 13.0. The first-order chi connectivity index (χ1) is 13.1. The van der Waals surface area contributed by atoms with E-state index in [2.05, 4.69) is 10.2 Å². The van der Waals surface area contributed by atoms with Crippen LogP contribution >= 0.6 is 0 Å². The number of halogens is 1. The van der Waals surface area contributed by atoms with Gasteiger partial charge in [-0.25, -0.2) is 4.39 Å². The molecule has 1 aliphatic rings. The summed E-state index contributed by atoms with van der Waals surface area (Å²) in [5.74, 6) is 0.346. The molecule has 1 heterocycles. The lowest BCUT2D eigenvalue weighted by Crippen LogP contribution is -2.37. The summed E-state index contributed by atoms with van der Waals surface area (Å²) >= 11 is 0. The van der Waals surface area contributed by atoms with E-state index in [9.17, 15) is 9.18 Å². The van der Waals surface area contributed by atoms with Crippen molar-refractivity contribution in [3.05, 3.63) is 59.9 Å². The zero-order valence-electron chi connectivity index (χ0n) is 15.5. The van der Waals surface area contributed by atoms with Crippen LogP contribution < -0.4 is 10.1 Å². The quantitative estimate of drug-likeness (QED) is 0.771. The molecule has 144 valence electrons. The molecular formula is C21H25FN2O3. The Morgan fingerprint density at radius 1 is 1.22 bits per heavy atom. The summed E-state index contributed by atoms with van der Waals surface area (Å²) in [6.07, 6.45) is 2.23. The van der Waals surface area contributed by atoms with E-state index in [-0.39, 0.29) is 24.4 Å². The molecule has 2 aromatic rings. The molecule has 0 unspecified atom stereocenters. The number of nitrogens with one attached hydrogen (secondary N) is 1. The number of benzene rings is 2. The first kappa shape index (κ1) is 19.3. The van der Waals surface area contributed by atoms with Gasteiger partial charge in [-0.15, -0.1) is 0 Å². The summed E-state index contributed by atoms with van der Waals surface area (Å²) in [7, 11) is 1.64. The maximum absolute atomic E-state index is 13.0. The third kappa shape index (κ3) is 6.05. The van der Waals surface area contributed by atoms with Crippen LogP contribution in [0.5, 0.6) is 5.75 Å². The van der Waals surface area contributed by atoms with Crippen molar-refractivity contribution in [2.24, 2.45) is 0 Å². The van der Waals surface area contributed by atoms with Crippen molar-refractivity contribution in [1.82, 2.24) is 4.90 Å². The smallest absolute Gasteiger partial charge is 0.238 e. The van der Waals surface area contributed by atoms with Gasteiger partial charge < -0.3 is 14.8 Å². The second-order valence-electron chi connectivity index (χ2n) is 6.71. The normalized spacial score (nSPS) is 16.5. The molecule has 0 aliphatic carbocycles. The van der Waals surface area contributed by atoms with Crippen LogP contribution in [0, 0.1) is 5.82 Å². The minimum absolute atomic E-state index is 0.131. The zero-order chi connectivity index (χ0) is 19.1. The van der Waals surface area contributed by atoms with Gasteiger partial charge in [0.05, 0.1) is 19.8 Å². The number of hydrogen-bond acceptors (Lipinski definition) is 4. The van der Waals surface area contributed by atoms with Crippen LogP contribution in [-0.2, 0) is 16.1 Å². The van der Waals surface area contributed by atoms with Crippen molar-refractivity contribution in [3.63, 3.8) is 0 Å². The van der Waals surface area contributed by atoms with E-state index >= 15 is 0 Å². The van der Waals surface area contributed by atoms with Crippen molar-refractivity contribution in [1.29, 1.82) is 0 Å². The summed E-state index contributed by atoms with van der Waals surface area (Å²) in [4.78, 5) is 14.5. The number of amides is 1. The molecule has 1 saturated heterocycles. The number of anilines is 1. The van der Waals surface area contributed by atoms with E-state index in [0.29, 0.717) is 18.8 Å². The molecule has 1 aliphatic heterocycles. The second kappa shape index (κ2) is 9.48. The molecule has 5 nitrogen and oxygen atoms in total. The predicted octanol–water partition coefficient (Wildman–Crippen LogP) is 3.45. The third-order valence-corrected chi connectivity index (χ3v) is 4.55. The number of hydrogen-bond donors (Lipinski definition) is 1. The fourth-order valence-electron chi connectivity index (χ4n) is 3.19. The van der Waals surface area contributed by atoms with Crippen molar-refractivity contribution in [3.8, 4) is 5.75 Å². The minimum Gasteiger partial charge on any atom is -0.497 e. The zero-order valence-corrected chi connectivity index (χ0v) is 15.5. The van der Waals surface area contributed by atoms with E-state index < -0.39 is 0 Å². The average Bonchev–Trinajstić information content (AvgIpc) is 3.17. The molecule has 1 fully saturated rings. The topological polar surface area (TPSA) is 50.8 Å². The lowest BCUT2D eigenvalue weighted by molar-refractivity contribution is -0.117. The molecule has 0 aromatic heterocycles. The van der Waals surface area contributed by atoms with Crippen LogP contribution in [0.4, 0.5) is 10.1 Å². The molecule has 3 rings (SSSR count). The Bertz CT molecular complexity index is 728. The van der Waals surface area contributed by atoms with Crippen molar-refractivity contribution in [2.75, 3.05) is 32.1 Å². The molecule has 0 bridgehead atoms. The Hall–Kier alpha value is -2.44. The highest BCUT2D eigenvalue weighted by Crippen LogP contribution is 2.17. The van der Waals surface area contributed by atoms with Gasteiger partial charge in [-0.2, -0.15) is 0 Å². The summed E-state index contributed by atoms with van der Waals surface area (Å²) in [6.45, 7) is 2.36. The van der Waals surface area contributed by atoms with Gasteiger partial charge in [0.15, 0.2) is 0 Å². The van der Waals surface area contributed by atoms with E-state index in [1.54, 1.807) is 19.2 Å². The van der Waals surface area contributed by atoms with Crippen LogP contribution in [-0.4, -0.2) is 43.7 Å². The van der Waals surface area contributed by atoms with Crippen LogP contribution in [0.3, 0.4) is 0 Å². The van der Waals surface area contributed by atoms with E-state index in [1.165, 1.54) is 12.1 Å². The van der Waals surface area contributed by atoms with E-state index in [1.807, 2.05) is 24.3 Å². The van der Waals surface area contributed by atoms with Gasteiger partial charge in [-0.05, 0) is 54.8 Å². The lowest BCUT2D eigenvalue weighted by Gasteiger charge is -2.25. The molecular weight excluding hydrogens is 347 g/mol. The van der Waals surface area contributed by atoms with Gasteiger partial charge in [-0.3, -0.25) is 9.69 Å². The molecule has 1 amide bonds. The van der Waals surface area contributed by atoms with Crippen LogP contribution in [0.15, 0.2) is 48.5 Å². The van der Waals surface area contributed by atoms with Crippen molar-refractivity contribution in [2.45, 2.75) is 25.5 Å². The number of rotatable bonds is 8. The summed E-state index contributed by atoms with van der Waals surface area (Å²) in [6, 6.07) is 13.6. The third-order valence-electron chi connectivity index (χ3n) is 4.55. The predicted molar refractivity (Wildman–Crippen MR) is 102 cm³/mol. The Kier molecular flexibility index (Phi) is 6.79. The lowest BCUT2D eigenvalue weighted by atomic mass is 10.1. The van der Waals surface area contributed by atoms with Gasteiger partial charge in [-0.1, -0.05) is 12.1 Å². The average molecular weight is 372 g/mol. The fraction of sp³-hybridized carbons (Fsp3) is 0.381. The number of carbonyl (C=O) groups is 1. The minimum atomic E-state index is -0.326. The number of methoxy groups -OCH3 is 1. The molecule has 1 N–H and O–H groups in total. The maximum Gasteiger partial charge on any atom is 0.238 e. The highest BCUT2D eigenvalue weighted by Gasteiger charge is 2.21. The highest BCUT2D eigenvalue weighted by molar-refractivity contribution is 5.92. The first-order valence-corrected chi connectivity index (χ1v) is 9.14. The largest absolute Gasteiger partial charge is 0.497 e. The SMILES string of the molecule is COc1ccc(CN(CC(=O)Nc2ccc(F)cc2)C[C@H]2CCCO2)cc1. The number of nitrogens with zero attached hydrogens (tertiary/aromatic N) is 1. The Labute approximate surface area is 159 Å². The number of ether oxygens (including phenoxy) is 2. The summed E-state index contributed by atoms with van der Waals surface area (Å²) < 4.78 is 23.9. The Balaban J connectivity index is 1.62. The highest BCUT2D eigenvalue weighted by atomic mass is 19.1. The summed E-state index contributed by atoms with van der Waals surface area (Å²) in [5, 5.41) is 2.82. The molecule has 0 spiro atoms. The van der Waals surface area contributed by atoms with Gasteiger partial charge in [0, 0.05) is 25.4 Å². The second-order valence-corrected chi connectivity index (χ2v) is 6.71.